The standard InChI is InChI=1S/C13H7ClF2O/c14-10-7-11(15)9(6-12(10)16)13(17)8-4-2-1-3-5-8/h1-7H. The van der Waals surface area contributed by atoms with E-state index >= 15 is 0 Å². The van der Waals surface area contributed by atoms with Crippen molar-refractivity contribution in [3.8, 4) is 0 Å². The molecule has 2 aromatic carbocycles. The zero-order valence-corrected chi connectivity index (χ0v) is 9.34. The molecule has 2 aromatic rings. The molecule has 0 aliphatic rings. The maximum atomic E-state index is 13.5. The summed E-state index contributed by atoms with van der Waals surface area (Å²) in [6, 6.07) is 9.72. The highest BCUT2D eigenvalue weighted by Gasteiger charge is 2.16. The van der Waals surface area contributed by atoms with Crippen LogP contribution in [0.15, 0.2) is 42.5 Å². The van der Waals surface area contributed by atoms with Gasteiger partial charge in [0.15, 0.2) is 5.78 Å². The molecule has 0 aliphatic heterocycles. The Bertz CT molecular complexity index is 567. The maximum absolute atomic E-state index is 13.5. The first-order valence-corrected chi connectivity index (χ1v) is 5.21. The summed E-state index contributed by atoms with van der Waals surface area (Å²) in [7, 11) is 0. The number of rotatable bonds is 2. The molecule has 0 saturated carbocycles. The van der Waals surface area contributed by atoms with Crippen LogP contribution in [-0.2, 0) is 0 Å². The van der Waals surface area contributed by atoms with Crippen LogP contribution in [0.3, 0.4) is 0 Å². The Hall–Kier alpha value is -1.74. The van der Waals surface area contributed by atoms with Crippen LogP contribution < -0.4 is 0 Å². The van der Waals surface area contributed by atoms with Crippen LogP contribution in [-0.4, -0.2) is 5.78 Å². The molecule has 4 heteroatoms. The quantitative estimate of drug-likeness (QED) is 0.586. The summed E-state index contributed by atoms with van der Waals surface area (Å²) in [6.07, 6.45) is 0. The van der Waals surface area contributed by atoms with Crippen molar-refractivity contribution < 1.29 is 13.6 Å². The first-order valence-electron chi connectivity index (χ1n) is 4.84. The minimum absolute atomic E-state index is 0.299. The van der Waals surface area contributed by atoms with Gasteiger partial charge in [0.2, 0.25) is 0 Å². The third kappa shape index (κ3) is 2.34. The van der Waals surface area contributed by atoms with Gasteiger partial charge in [-0.25, -0.2) is 8.78 Å². The van der Waals surface area contributed by atoms with Crippen LogP contribution in [0.4, 0.5) is 8.78 Å². The Labute approximate surface area is 102 Å². The molecular weight excluding hydrogens is 246 g/mol. The highest BCUT2D eigenvalue weighted by atomic mass is 35.5. The van der Waals surface area contributed by atoms with Gasteiger partial charge >= 0.3 is 0 Å². The molecule has 0 radical (unpaired) electrons. The molecule has 0 spiro atoms. The molecular formula is C13H7ClF2O. The summed E-state index contributed by atoms with van der Waals surface area (Å²) in [5.41, 5.74) is -0.0220. The monoisotopic (exact) mass is 252 g/mol. The molecule has 17 heavy (non-hydrogen) atoms. The Morgan fingerprint density at radius 3 is 2.29 bits per heavy atom. The second-order valence-electron chi connectivity index (χ2n) is 3.44. The van der Waals surface area contributed by atoms with E-state index in [1.807, 2.05) is 0 Å². The van der Waals surface area contributed by atoms with Crippen molar-refractivity contribution >= 4 is 17.4 Å². The van der Waals surface area contributed by atoms with Gasteiger partial charge in [0.25, 0.3) is 0 Å². The van der Waals surface area contributed by atoms with Crippen LogP contribution in [0.1, 0.15) is 15.9 Å². The number of hydrogen-bond acceptors (Lipinski definition) is 1. The van der Waals surface area contributed by atoms with Gasteiger partial charge in [0, 0.05) is 5.56 Å². The molecule has 0 heterocycles. The van der Waals surface area contributed by atoms with E-state index < -0.39 is 17.4 Å². The smallest absolute Gasteiger partial charge is 0.196 e. The van der Waals surface area contributed by atoms with Gasteiger partial charge in [-0.3, -0.25) is 4.79 Å². The van der Waals surface area contributed by atoms with Crippen LogP contribution >= 0.6 is 11.6 Å². The lowest BCUT2D eigenvalue weighted by Gasteiger charge is -2.04. The minimum Gasteiger partial charge on any atom is -0.288 e. The topological polar surface area (TPSA) is 17.1 Å². The summed E-state index contributed by atoms with van der Waals surface area (Å²) < 4.78 is 26.7. The molecule has 0 atom stereocenters. The fourth-order valence-electron chi connectivity index (χ4n) is 1.44. The molecule has 86 valence electrons. The highest BCUT2D eigenvalue weighted by Crippen LogP contribution is 2.21. The van der Waals surface area contributed by atoms with E-state index in [1.54, 1.807) is 18.2 Å². The van der Waals surface area contributed by atoms with Gasteiger partial charge in [-0.2, -0.15) is 0 Å². The van der Waals surface area contributed by atoms with Crippen molar-refractivity contribution in [1.82, 2.24) is 0 Å². The first-order chi connectivity index (χ1) is 8.09. The van der Waals surface area contributed by atoms with E-state index in [0.29, 0.717) is 5.56 Å². The zero-order chi connectivity index (χ0) is 12.4. The third-order valence-corrected chi connectivity index (χ3v) is 2.58. The summed E-state index contributed by atoms with van der Waals surface area (Å²) in [5.74, 6) is -2.21. The van der Waals surface area contributed by atoms with Gasteiger partial charge in [-0.1, -0.05) is 41.9 Å². The van der Waals surface area contributed by atoms with E-state index in [0.717, 1.165) is 12.1 Å². The lowest BCUT2D eigenvalue weighted by atomic mass is 10.0. The molecule has 0 amide bonds. The average Bonchev–Trinajstić information content (AvgIpc) is 2.34. The lowest BCUT2D eigenvalue weighted by Crippen LogP contribution is -2.05. The number of ketones is 1. The van der Waals surface area contributed by atoms with E-state index in [9.17, 15) is 13.6 Å². The Balaban J connectivity index is 2.48. The second kappa shape index (κ2) is 4.63. The molecule has 2 rings (SSSR count). The highest BCUT2D eigenvalue weighted by molar-refractivity contribution is 6.30. The summed E-state index contributed by atoms with van der Waals surface area (Å²) in [6.45, 7) is 0. The predicted molar refractivity (Wildman–Crippen MR) is 61.2 cm³/mol. The van der Waals surface area contributed by atoms with Crippen molar-refractivity contribution in [2.75, 3.05) is 0 Å². The minimum atomic E-state index is -0.828. The van der Waals surface area contributed by atoms with Crippen molar-refractivity contribution in [3.63, 3.8) is 0 Å². The molecule has 0 aliphatic carbocycles. The largest absolute Gasteiger partial charge is 0.288 e. The van der Waals surface area contributed by atoms with E-state index in [1.165, 1.54) is 12.1 Å². The van der Waals surface area contributed by atoms with Crippen molar-refractivity contribution in [1.29, 1.82) is 0 Å². The van der Waals surface area contributed by atoms with Gasteiger partial charge in [0.1, 0.15) is 11.6 Å². The Morgan fingerprint density at radius 2 is 1.65 bits per heavy atom. The van der Waals surface area contributed by atoms with Crippen molar-refractivity contribution in [2.45, 2.75) is 0 Å². The number of carbonyl (C=O) groups is 1. The number of hydrogen-bond donors (Lipinski definition) is 0. The SMILES string of the molecule is O=C(c1ccccc1)c1cc(F)c(Cl)cc1F. The van der Waals surface area contributed by atoms with Crippen molar-refractivity contribution in [3.05, 3.63) is 70.2 Å². The Kier molecular flexibility index (Phi) is 3.20. The van der Waals surface area contributed by atoms with Gasteiger partial charge in [0.05, 0.1) is 10.6 Å². The Morgan fingerprint density at radius 1 is 1.00 bits per heavy atom. The summed E-state index contributed by atoms with van der Waals surface area (Å²) in [5, 5.41) is -0.341. The summed E-state index contributed by atoms with van der Waals surface area (Å²) >= 11 is 5.41. The fraction of sp³-hybridized carbons (Fsp3) is 0. The number of benzene rings is 2. The predicted octanol–water partition coefficient (Wildman–Crippen LogP) is 3.85. The zero-order valence-electron chi connectivity index (χ0n) is 8.58. The van der Waals surface area contributed by atoms with E-state index in [4.69, 9.17) is 11.6 Å². The van der Waals surface area contributed by atoms with Gasteiger partial charge in [-0.15, -0.1) is 0 Å². The number of carbonyl (C=O) groups excluding carboxylic acids is 1. The van der Waals surface area contributed by atoms with Crippen molar-refractivity contribution in [2.24, 2.45) is 0 Å². The molecule has 1 nitrogen and oxygen atoms in total. The van der Waals surface area contributed by atoms with Gasteiger partial charge < -0.3 is 0 Å². The first kappa shape index (κ1) is 11.7. The van der Waals surface area contributed by atoms with E-state index in [2.05, 4.69) is 0 Å². The molecule has 0 unspecified atom stereocenters. The fourth-order valence-corrected chi connectivity index (χ4v) is 1.59. The van der Waals surface area contributed by atoms with Crippen LogP contribution in [0.2, 0.25) is 5.02 Å². The van der Waals surface area contributed by atoms with Crippen LogP contribution in [0.5, 0.6) is 0 Å². The molecule has 0 bridgehead atoms. The molecule has 0 N–H and O–H groups in total. The lowest BCUT2D eigenvalue weighted by molar-refractivity contribution is 0.103. The van der Waals surface area contributed by atoms with E-state index in [-0.39, 0.29) is 10.6 Å². The maximum Gasteiger partial charge on any atom is 0.196 e. The molecule has 0 fully saturated rings. The molecule has 0 aromatic heterocycles. The van der Waals surface area contributed by atoms with Crippen LogP contribution in [0, 0.1) is 11.6 Å². The number of halogens is 3. The third-order valence-electron chi connectivity index (χ3n) is 2.29. The normalized spacial score (nSPS) is 10.3. The van der Waals surface area contributed by atoms with Crippen LogP contribution in [0.25, 0.3) is 0 Å². The van der Waals surface area contributed by atoms with Gasteiger partial charge in [-0.05, 0) is 12.1 Å². The summed E-state index contributed by atoms with van der Waals surface area (Å²) in [4.78, 5) is 11.9. The average molecular weight is 253 g/mol. The molecule has 0 saturated heterocycles. The second-order valence-corrected chi connectivity index (χ2v) is 3.85.